The average Bonchev–Trinajstić information content (AvgIpc) is 2.42. The molecule has 2 aliphatic rings. The Morgan fingerprint density at radius 2 is 2.00 bits per heavy atom. The molecular weight excluding hydrogens is 269 g/mol. The van der Waals surface area contributed by atoms with Crippen molar-refractivity contribution in [3.8, 4) is 0 Å². The molecule has 1 aromatic rings. The zero-order valence-electron chi connectivity index (χ0n) is 12.1. The first-order valence-corrected chi connectivity index (χ1v) is 9.09. The van der Waals surface area contributed by atoms with Crippen LogP contribution in [0.5, 0.6) is 0 Å². The van der Waals surface area contributed by atoms with Gasteiger partial charge < -0.3 is 5.32 Å². The predicted octanol–water partition coefficient (Wildman–Crippen LogP) is 4.34. The summed E-state index contributed by atoms with van der Waals surface area (Å²) in [6.45, 7) is 0. The molecule has 0 heterocycles. The minimum absolute atomic E-state index is 0.103. The number of thioether (sulfide) groups is 1. The van der Waals surface area contributed by atoms with Gasteiger partial charge in [0.1, 0.15) is 5.82 Å². The van der Waals surface area contributed by atoms with Crippen molar-refractivity contribution >= 4 is 11.8 Å². The van der Waals surface area contributed by atoms with Crippen LogP contribution in [0, 0.1) is 5.82 Å². The lowest BCUT2D eigenvalue weighted by molar-refractivity contribution is 0.242. The van der Waals surface area contributed by atoms with Crippen LogP contribution in [0.1, 0.15) is 50.0 Å². The van der Waals surface area contributed by atoms with Crippen molar-refractivity contribution in [3.05, 3.63) is 35.6 Å². The first-order valence-electron chi connectivity index (χ1n) is 7.80. The largest absolute Gasteiger partial charge is 0.310 e. The fraction of sp³-hybridized carbons (Fsp3) is 0.647. The van der Waals surface area contributed by atoms with Crippen LogP contribution in [-0.4, -0.2) is 23.6 Å². The molecule has 1 nitrogen and oxygen atoms in total. The van der Waals surface area contributed by atoms with E-state index in [-0.39, 0.29) is 5.82 Å². The number of hydrogen-bond donors (Lipinski definition) is 1. The molecule has 1 N–H and O–H groups in total. The Morgan fingerprint density at radius 3 is 2.75 bits per heavy atom. The van der Waals surface area contributed by atoms with E-state index in [4.69, 9.17) is 0 Å². The summed E-state index contributed by atoms with van der Waals surface area (Å²) < 4.78 is 13.2. The van der Waals surface area contributed by atoms with E-state index in [1.807, 2.05) is 17.8 Å². The Bertz CT molecular complexity index is 444. The summed E-state index contributed by atoms with van der Waals surface area (Å²) >= 11 is 2.02. The van der Waals surface area contributed by atoms with E-state index in [1.54, 1.807) is 6.07 Å². The highest BCUT2D eigenvalue weighted by Crippen LogP contribution is 2.38. The van der Waals surface area contributed by atoms with Gasteiger partial charge in [-0.05, 0) is 55.6 Å². The van der Waals surface area contributed by atoms with Gasteiger partial charge in [0.2, 0.25) is 0 Å². The summed E-state index contributed by atoms with van der Waals surface area (Å²) in [4.78, 5) is 0. The summed E-state index contributed by atoms with van der Waals surface area (Å²) in [5, 5.41) is 4.64. The van der Waals surface area contributed by atoms with E-state index >= 15 is 0 Å². The van der Waals surface area contributed by atoms with Crippen molar-refractivity contribution in [2.75, 3.05) is 6.26 Å². The maximum Gasteiger partial charge on any atom is 0.123 e. The van der Waals surface area contributed by atoms with Gasteiger partial charge in [-0.3, -0.25) is 0 Å². The van der Waals surface area contributed by atoms with Crippen LogP contribution in [0.25, 0.3) is 0 Å². The lowest BCUT2D eigenvalue weighted by Crippen LogP contribution is -2.50. The van der Waals surface area contributed by atoms with E-state index in [1.165, 1.54) is 50.2 Å². The molecule has 1 aromatic carbocycles. The molecule has 0 radical (unpaired) electrons. The number of rotatable bonds is 4. The highest BCUT2D eigenvalue weighted by Gasteiger charge is 2.34. The maximum atomic E-state index is 13.2. The molecule has 0 aromatic heterocycles. The molecule has 3 rings (SSSR count). The SMILES string of the molecule is CSC1CCCCC1NC1CC(c2cccc(F)c2)C1. The highest BCUT2D eigenvalue weighted by atomic mass is 32.2. The second-order valence-electron chi connectivity index (χ2n) is 6.25. The van der Waals surface area contributed by atoms with Crippen LogP contribution in [-0.2, 0) is 0 Å². The van der Waals surface area contributed by atoms with Crippen molar-refractivity contribution in [1.82, 2.24) is 5.32 Å². The van der Waals surface area contributed by atoms with E-state index in [0.29, 0.717) is 18.0 Å². The topological polar surface area (TPSA) is 12.0 Å². The molecule has 2 saturated carbocycles. The minimum atomic E-state index is -0.103. The van der Waals surface area contributed by atoms with E-state index < -0.39 is 0 Å². The van der Waals surface area contributed by atoms with Crippen molar-refractivity contribution in [3.63, 3.8) is 0 Å². The van der Waals surface area contributed by atoms with Crippen molar-refractivity contribution in [2.24, 2.45) is 0 Å². The number of hydrogen-bond acceptors (Lipinski definition) is 2. The molecule has 20 heavy (non-hydrogen) atoms. The standard InChI is InChI=1S/C17H24FNS/c1-20-17-8-3-2-7-16(17)19-15-10-13(11-15)12-5-4-6-14(18)9-12/h4-6,9,13,15-17,19H,2-3,7-8,10-11H2,1H3. The Kier molecular flexibility index (Phi) is 4.67. The summed E-state index contributed by atoms with van der Waals surface area (Å²) in [5.74, 6) is 0.452. The Hall–Kier alpha value is -0.540. The molecule has 110 valence electrons. The number of benzene rings is 1. The third-order valence-electron chi connectivity index (χ3n) is 4.91. The minimum Gasteiger partial charge on any atom is -0.310 e. The average molecular weight is 293 g/mol. The maximum absolute atomic E-state index is 13.2. The number of halogens is 1. The van der Waals surface area contributed by atoms with Crippen LogP contribution in [0.2, 0.25) is 0 Å². The summed E-state index contributed by atoms with van der Waals surface area (Å²) in [5.41, 5.74) is 1.17. The molecule has 2 aliphatic carbocycles. The molecule has 2 atom stereocenters. The molecule has 0 amide bonds. The molecular formula is C17H24FNS. The third kappa shape index (κ3) is 3.20. The van der Waals surface area contributed by atoms with Gasteiger partial charge in [-0.15, -0.1) is 0 Å². The Balaban J connectivity index is 1.50. The van der Waals surface area contributed by atoms with E-state index in [2.05, 4.69) is 17.6 Å². The number of nitrogens with one attached hydrogen (secondary N) is 1. The molecule has 0 aliphatic heterocycles. The van der Waals surface area contributed by atoms with Crippen LogP contribution < -0.4 is 5.32 Å². The predicted molar refractivity (Wildman–Crippen MR) is 84.9 cm³/mol. The van der Waals surface area contributed by atoms with Gasteiger partial charge >= 0.3 is 0 Å². The summed E-state index contributed by atoms with van der Waals surface area (Å²) in [7, 11) is 0. The molecule has 2 fully saturated rings. The summed E-state index contributed by atoms with van der Waals surface area (Å²) in [6.07, 6.45) is 10.0. The van der Waals surface area contributed by atoms with Gasteiger partial charge in [-0.1, -0.05) is 25.0 Å². The quantitative estimate of drug-likeness (QED) is 0.886. The second-order valence-corrected chi connectivity index (χ2v) is 7.33. The third-order valence-corrected chi connectivity index (χ3v) is 6.08. The Labute approximate surface area is 125 Å². The van der Waals surface area contributed by atoms with E-state index in [9.17, 15) is 4.39 Å². The van der Waals surface area contributed by atoms with Crippen molar-refractivity contribution in [2.45, 2.75) is 61.8 Å². The van der Waals surface area contributed by atoms with Gasteiger partial charge in [0.25, 0.3) is 0 Å². The molecule has 0 bridgehead atoms. The van der Waals surface area contributed by atoms with Gasteiger partial charge in [0.15, 0.2) is 0 Å². The van der Waals surface area contributed by atoms with Crippen LogP contribution in [0.4, 0.5) is 4.39 Å². The smallest absolute Gasteiger partial charge is 0.123 e. The van der Waals surface area contributed by atoms with Crippen LogP contribution >= 0.6 is 11.8 Å². The van der Waals surface area contributed by atoms with Crippen LogP contribution in [0.3, 0.4) is 0 Å². The summed E-state index contributed by atoms with van der Waals surface area (Å²) in [6, 6.07) is 8.46. The molecule has 2 unspecified atom stereocenters. The fourth-order valence-corrected chi connectivity index (χ4v) is 4.60. The van der Waals surface area contributed by atoms with Gasteiger partial charge in [0.05, 0.1) is 0 Å². The van der Waals surface area contributed by atoms with Crippen molar-refractivity contribution in [1.29, 1.82) is 0 Å². The highest BCUT2D eigenvalue weighted by molar-refractivity contribution is 7.99. The van der Waals surface area contributed by atoms with Gasteiger partial charge in [-0.25, -0.2) is 4.39 Å². The van der Waals surface area contributed by atoms with Gasteiger partial charge in [-0.2, -0.15) is 11.8 Å². The zero-order chi connectivity index (χ0) is 13.9. The second kappa shape index (κ2) is 6.48. The monoisotopic (exact) mass is 293 g/mol. The van der Waals surface area contributed by atoms with Crippen LogP contribution in [0.15, 0.2) is 24.3 Å². The first kappa shape index (κ1) is 14.4. The lowest BCUT2D eigenvalue weighted by Gasteiger charge is -2.41. The Morgan fingerprint density at radius 1 is 1.20 bits per heavy atom. The molecule has 0 saturated heterocycles. The first-order chi connectivity index (χ1) is 9.76. The molecule has 3 heteroatoms. The van der Waals surface area contributed by atoms with E-state index in [0.717, 1.165) is 5.25 Å². The zero-order valence-corrected chi connectivity index (χ0v) is 13.0. The van der Waals surface area contributed by atoms with Gasteiger partial charge in [0, 0.05) is 17.3 Å². The normalized spacial score (nSPS) is 33.7. The lowest BCUT2D eigenvalue weighted by atomic mass is 9.75. The fourth-order valence-electron chi connectivity index (χ4n) is 3.66. The molecule has 0 spiro atoms. The van der Waals surface area contributed by atoms with Crippen molar-refractivity contribution < 1.29 is 4.39 Å².